The van der Waals surface area contributed by atoms with Gasteiger partial charge in [-0.2, -0.15) is 5.10 Å². The van der Waals surface area contributed by atoms with Crippen molar-refractivity contribution in [3.05, 3.63) is 17.0 Å². The van der Waals surface area contributed by atoms with Gasteiger partial charge in [0.2, 0.25) is 5.91 Å². The molecular weight excluding hydrogens is 216 g/mol. The molecule has 1 atom stereocenters. The van der Waals surface area contributed by atoms with E-state index in [1.54, 1.807) is 0 Å². The highest BCUT2D eigenvalue weighted by atomic mass is 16.2. The van der Waals surface area contributed by atoms with Crippen molar-refractivity contribution in [2.24, 2.45) is 18.7 Å². The molecule has 0 aliphatic carbocycles. The number of aromatic nitrogens is 2. The molecule has 1 rings (SSSR count). The van der Waals surface area contributed by atoms with E-state index in [0.717, 1.165) is 17.0 Å². The van der Waals surface area contributed by atoms with Gasteiger partial charge < -0.3 is 11.1 Å². The van der Waals surface area contributed by atoms with Crippen LogP contribution in [0, 0.1) is 19.8 Å². The van der Waals surface area contributed by atoms with Gasteiger partial charge in [-0.1, -0.05) is 13.8 Å². The van der Waals surface area contributed by atoms with Crippen LogP contribution in [0.15, 0.2) is 0 Å². The smallest absolute Gasteiger partial charge is 0.237 e. The number of rotatable bonds is 4. The Morgan fingerprint density at radius 1 is 1.47 bits per heavy atom. The van der Waals surface area contributed by atoms with Crippen LogP contribution >= 0.6 is 0 Å². The normalized spacial score (nSPS) is 12.9. The first-order valence-electron chi connectivity index (χ1n) is 5.87. The third-order valence-corrected chi connectivity index (χ3v) is 3.12. The molecule has 0 fully saturated rings. The Bertz CT molecular complexity index is 409. The first-order chi connectivity index (χ1) is 7.84. The fraction of sp³-hybridized carbons (Fsp3) is 0.667. The van der Waals surface area contributed by atoms with Crippen LogP contribution in [0.25, 0.3) is 0 Å². The molecule has 1 aromatic rings. The van der Waals surface area contributed by atoms with Gasteiger partial charge in [0.05, 0.1) is 11.7 Å². The Labute approximate surface area is 102 Å². The minimum Gasteiger partial charge on any atom is -0.351 e. The summed E-state index contributed by atoms with van der Waals surface area (Å²) < 4.78 is 1.82. The van der Waals surface area contributed by atoms with Gasteiger partial charge in [-0.15, -0.1) is 0 Å². The fourth-order valence-electron chi connectivity index (χ4n) is 1.67. The largest absolute Gasteiger partial charge is 0.351 e. The molecule has 5 heteroatoms. The standard InChI is InChI=1S/C12H22N4O/c1-7(2)11(13)12(17)14-6-10-8(3)15-16(5)9(10)4/h7,11H,6,13H2,1-5H3,(H,14,17)/t11-/m0/s1. The molecule has 0 unspecified atom stereocenters. The summed E-state index contributed by atoms with van der Waals surface area (Å²) in [5.41, 5.74) is 8.86. The van der Waals surface area contributed by atoms with Gasteiger partial charge in [-0.3, -0.25) is 9.48 Å². The topological polar surface area (TPSA) is 72.9 Å². The van der Waals surface area contributed by atoms with Gasteiger partial charge in [0.1, 0.15) is 0 Å². The summed E-state index contributed by atoms with van der Waals surface area (Å²) in [7, 11) is 1.90. The summed E-state index contributed by atoms with van der Waals surface area (Å²) in [5, 5.41) is 7.16. The second kappa shape index (κ2) is 5.31. The van der Waals surface area contributed by atoms with Crippen LogP contribution in [0.2, 0.25) is 0 Å². The molecule has 0 radical (unpaired) electrons. The van der Waals surface area contributed by atoms with Crippen molar-refractivity contribution in [2.75, 3.05) is 0 Å². The van der Waals surface area contributed by atoms with E-state index < -0.39 is 6.04 Å². The van der Waals surface area contributed by atoms with E-state index in [1.807, 2.05) is 39.4 Å². The fourth-order valence-corrected chi connectivity index (χ4v) is 1.67. The predicted molar refractivity (Wildman–Crippen MR) is 67.3 cm³/mol. The van der Waals surface area contributed by atoms with E-state index >= 15 is 0 Å². The van der Waals surface area contributed by atoms with Gasteiger partial charge in [-0.25, -0.2) is 0 Å². The molecule has 0 aliphatic rings. The highest BCUT2D eigenvalue weighted by Crippen LogP contribution is 2.11. The summed E-state index contributed by atoms with van der Waals surface area (Å²) in [6, 6.07) is -0.452. The number of hydrogen-bond acceptors (Lipinski definition) is 3. The van der Waals surface area contributed by atoms with Crippen molar-refractivity contribution >= 4 is 5.91 Å². The molecule has 0 bridgehead atoms. The molecule has 0 saturated heterocycles. The van der Waals surface area contributed by atoms with Gasteiger partial charge in [0, 0.05) is 24.8 Å². The monoisotopic (exact) mass is 238 g/mol. The summed E-state index contributed by atoms with van der Waals surface area (Å²) in [4.78, 5) is 11.7. The average Bonchev–Trinajstić information content (AvgIpc) is 2.49. The lowest BCUT2D eigenvalue weighted by molar-refractivity contribution is -0.123. The van der Waals surface area contributed by atoms with Crippen LogP contribution < -0.4 is 11.1 Å². The van der Waals surface area contributed by atoms with Gasteiger partial charge in [0.25, 0.3) is 0 Å². The molecule has 1 heterocycles. The van der Waals surface area contributed by atoms with E-state index in [1.165, 1.54) is 0 Å². The maximum absolute atomic E-state index is 11.7. The van der Waals surface area contributed by atoms with Crippen LogP contribution in [0.3, 0.4) is 0 Å². The van der Waals surface area contributed by atoms with E-state index in [0.29, 0.717) is 6.54 Å². The quantitative estimate of drug-likeness (QED) is 0.808. The number of nitrogens with one attached hydrogen (secondary N) is 1. The van der Waals surface area contributed by atoms with Crippen LogP contribution in [0.1, 0.15) is 30.8 Å². The number of nitrogens with two attached hydrogens (primary N) is 1. The molecular formula is C12H22N4O. The summed E-state index contributed by atoms with van der Waals surface area (Å²) in [6.45, 7) is 8.29. The highest BCUT2D eigenvalue weighted by molar-refractivity contribution is 5.81. The van der Waals surface area contributed by atoms with E-state index in [9.17, 15) is 4.79 Å². The zero-order valence-electron chi connectivity index (χ0n) is 11.2. The molecule has 96 valence electrons. The maximum atomic E-state index is 11.7. The molecule has 3 N–H and O–H groups in total. The number of carbonyl (C=O) groups is 1. The van der Waals surface area contributed by atoms with Crippen molar-refractivity contribution in [3.63, 3.8) is 0 Å². The van der Waals surface area contributed by atoms with Crippen LogP contribution in [0.5, 0.6) is 0 Å². The Hall–Kier alpha value is -1.36. The van der Waals surface area contributed by atoms with E-state index in [-0.39, 0.29) is 11.8 Å². The average molecular weight is 238 g/mol. The third kappa shape index (κ3) is 3.06. The summed E-state index contributed by atoms with van der Waals surface area (Å²) in [6.07, 6.45) is 0. The Morgan fingerprint density at radius 3 is 2.47 bits per heavy atom. The molecule has 17 heavy (non-hydrogen) atoms. The van der Waals surface area contributed by atoms with E-state index in [2.05, 4.69) is 10.4 Å². The second-order valence-corrected chi connectivity index (χ2v) is 4.76. The molecule has 0 spiro atoms. The molecule has 0 aromatic carbocycles. The Balaban J connectivity index is 2.65. The number of hydrogen-bond donors (Lipinski definition) is 2. The second-order valence-electron chi connectivity index (χ2n) is 4.76. The molecule has 5 nitrogen and oxygen atoms in total. The zero-order chi connectivity index (χ0) is 13.2. The number of aryl methyl sites for hydroxylation is 2. The van der Waals surface area contributed by atoms with Gasteiger partial charge in [-0.05, 0) is 19.8 Å². The first kappa shape index (κ1) is 13.7. The van der Waals surface area contributed by atoms with E-state index in [4.69, 9.17) is 5.73 Å². The minimum atomic E-state index is -0.452. The lowest BCUT2D eigenvalue weighted by Gasteiger charge is -2.15. The van der Waals surface area contributed by atoms with Crippen LogP contribution in [-0.2, 0) is 18.4 Å². The highest BCUT2D eigenvalue weighted by Gasteiger charge is 2.18. The maximum Gasteiger partial charge on any atom is 0.237 e. The predicted octanol–water partition coefficient (Wildman–Crippen LogP) is 0.636. The number of carbonyl (C=O) groups excluding carboxylic acids is 1. The molecule has 0 saturated carbocycles. The van der Waals surface area contributed by atoms with Crippen molar-refractivity contribution in [1.82, 2.24) is 15.1 Å². The van der Waals surface area contributed by atoms with Crippen LogP contribution in [0.4, 0.5) is 0 Å². The summed E-state index contributed by atoms with van der Waals surface area (Å²) >= 11 is 0. The third-order valence-electron chi connectivity index (χ3n) is 3.12. The zero-order valence-corrected chi connectivity index (χ0v) is 11.2. The lowest BCUT2D eigenvalue weighted by atomic mass is 10.0. The number of nitrogens with zero attached hydrogens (tertiary/aromatic N) is 2. The Kier molecular flexibility index (Phi) is 4.28. The first-order valence-corrected chi connectivity index (χ1v) is 5.87. The Morgan fingerprint density at radius 2 is 2.06 bits per heavy atom. The molecule has 1 amide bonds. The molecule has 0 aliphatic heterocycles. The van der Waals surface area contributed by atoms with Crippen molar-refractivity contribution in [2.45, 2.75) is 40.3 Å². The minimum absolute atomic E-state index is 0.109. The van der Waals surface area contributed by atoms with Crippen molar-refractivity contribution in [1.29, 1.82) is 0 Å². The lowest BCUT2D eigenvalue weighted by Crippen LogP contribution is -2.43. The SMILES string of the molecule is Cc1nn(C)c(C)c1CNC(=O)[C@@H](N)C(C)C. The molecule has 1 aromatic heterocycles. The van der Waals surface area contributed by atoms with Crippen LogP contribution in [-0.4, -0.2) is 21.7 Å². The van der Waals surface area contributed by atoms with Gasteiger partial charge >= 0.3 is 0 Å². The van der Waals surface area contributed by atoms with Crippen molar-refractivity contribution in [3.8, 4) is 0 Å². The van der Waals surface area contributed by atoms with Crippen molar-refractivity contribution < 1.29 is 4.79 Å². The summed E-state index contributed by atoms with van der Waals surface area (Å²) in [5.74, 6) is 0.0359. The van der Waals surface area contributed by atoms with Gasteiger partial charge in [0.15, 0.2) is 0 Å². The number of amides is 1.